The minimum Gasteiger partial charge on any atom is -0.200 e. The summed E-state index contributed by atoms with van der Waals surface area (Å²) in [7, 11) is 2.10. The minimum atomic E-state index is 1.26. The van der Waals surface area contributed by atoms with Crippen LogP contribution in [0.1, 0.15) is 5.56 Å². The molecule has 0 aliphatic carbocycles. The van der Waals surface area contributed by atoms with Gasteiger partial charge < -0.3 is 0 Å². The Kier molecular flexibility index (Phi) is 3.30. The molecule has 0 amide bonds. The predicted molar refractivity (Wildman–Crippen MR) is 69.6 cm³/mol. The Bertz CT molecular complexity index is 506. The maximum atomic E-state index is 2.19. The lowest BCUT2D eigenvalue weighted by atomic mass is 10.1. The summed E-state index contributed by atoms with van der Waals surface area (Å²) in [6.45, 7) is 2.15. The Balaban J connectivity index is 2.53. The second-order valence-electron chi connectivity index (χ2n) is 3.88. The number of hydrogen-bond acceptors (Lipinski definition) is 1. The number of hydrogen-bond donors (Lipinski definition) is 0. The van der Waals surface area contributed by atoms with Gasteiger partial charge in [-0.25, -0.2) is 0 Å². The van der Waals surface area contributed by atoms with Crippen LogP contribution in [0.3, 0.4) is 0 Å². The van der Waals surface area contributed by atoms with E-state index < -0.39 is 0 Å². The van der Waals surface area contributed by atoms with Crippen molar-refractivity contribution < 1.29 is 4.57 Å². The van der Waals surface area contributed by atoms with Crippen LogP contribution in [-0.2, 0) is 7.05 Å². The highest BCUT2D eigenvalue weighted by Gasteiger charge is 2.11. The van der Waals surface area contributed by atoms with Crippen molar-refractivity contribution in [1.29, 1.82) is 0 Å². The molecular weight excluding hydrogens is 214 g/mol. The smallest absolute Gasteiger partial charge is 0.200 e. The predicted octanol–water partition coefficient (Wildman–Crippen LogP) is 3.21. The van der Waals surface area contributed by atoms with Gasteiger partial charge in [-0.15, -0.1) is 11.8 Å². The lowest BCUT2D eigenvalue weighted by Crippen LogP contribution is -2.30. The highest BCUT2D eigenvalue weighted by atomic mass is 32.2. The first-order valence-corrected chi connectivity index (χ1v) is 6.54. The monoisotopic (exact) mass is 230 g/mol. The van der Waals surface area contributed by atoms with Gasteiger partial charge in [0, 0.05) is 11.6 Å². The molecule has 0 fully saturated rings. The molecule has 16 heavy (non-hydrogen) atoms. The third kappa shape index (κ3) is 2.12. The van der Waals surface area contributed by atoms with E-state index in [-0.39, 0.29) is 0 Å². The Morgan fingerprint density at radius 1 is 1.06 bits per heavy atom. The van der Waals surface area contributed by atoms with Gasteiger partial charge in [-0.2, -0.15) is 4.57 Å². The minimum absolute atomic E-state index is 1.26. The van der Waals surface area contributed by atoms with Crippen LogP contribution in [-0.4, -0.2) is 6.26 Å². The molecule has 2 heteroatoms. The lowest BCUT2D eigenvalue weighted by molar-refractivity contribution is -0.662. The van der Waals surface area contributed by atoms with E-state index >= 15 is 0 Å². The van der Waals surface area contributed by atoms with Crippen molar-refractivity contribution in [2.24, 2.45) is 7.05 Å². The fourth-order valence-electron chi connectivity index (χ4n) is 1.84. The number of rotatable bonds is 2. The van der Waals surface area contributed by atoms with Crippen molar-refractivity contribution in [1.82, 2.24) is 0 Å². The molecule has 1 aromatic heterocycles. The van der Waals surface area contributed by atoms with Gasteiger partial charge >= 0.3 is 0 Å². The molecule has 0 aliphatic rings. The van der Waals surface area contributed by atoms with E-state index in [0.29, 0.717) is 0 Å². The van der Waals surface area contributed by atoms with Gasteiger partial charge in [0.2, 0.25) is 5.69 Å². The fourth-order valence-corrected chi connectivity index (χ4v) is 2.31. The SMILES string of the molecule is CSc1ccc(-c2ccccc2C)[n+](C)c1. The third-order valence-corrected chi connectivity index (χ3v) is 3.48. The molecule has 0 atom stereocenters. The van der Waals surface area contributed by atoms with E-state index in [1.807, 2.05) is 0 Å². The number of pyridine rings is 1. The summed E-state index contributed by atoms with van der Waals surface area (Å²) in [5.41, 5.74) is 3.88. The van der Waals surface area contributed by atoms with Gasteiger partial charge in [-0.05, 0) is 30.9 Å². The Hall–Kier alpha value is -1.28. The fraction of sp³-hybridized carbons (Fsp3) is 0.214. The number of thioether (sulfide) groups is 1. The van der Waals surface area contributed by atoms with Crippen LogP contribution in [0.25, 0.3) is 11.3 Å². The zero-order chi connectivity index (χ0) is 11.5. The zero-order valence-corrected chi connectivity index (χ0v) is 10.7. The first kappa shape index (κ1) is 11.2. The largest absolute Gasteiger partial charge is 0.212 e. The molecule has 0 unspecified atom stereocenters. The topological polar surface area (TPSA) is 3.88 Å². The molecule has 0 aliphatic heterocycles. The summed E-state index contributed by atoms with van der Waals surface area (Å²) < 4.78 is 2.19. The Morgan fingerprint density at radius 2 is 1.81 bits per heavy atom. The van der Waals surface area contributed by atoms with Crippen LogP contribution in [0.5, 0.6) is 0 Å². The van der Waals surface area contributed by atoms with Crippen LogP contribution in [0.15, 0.2) is 47.5 Å². The van der Waals surface area contributed by atoms with Crippen molar-refractivity contribution in [3.63, 3.8) is 0 Å². The van der Waals surface area contributed by atoms with Gasteiger partial charge in [-0.1, -0.05) is 18.2 Å². The van der Waals surface area contributed by atoms with Crippen molar-refractivity contribution in [2.45, 2.75) is 11.8 Å². The first-order chi connectivity index (χ1) is 7.72. The molecule has 0 saturated carbocycles. The van der Waals surface area contributed by atoms with E-state index in [2.05, 4.69) is 67.4 Å². The van der Waals surface area contributed by atoms with E-state index in [9.17, 15) is 0 Å². The van der Waals surface area contributed by atoms with Crippen LogP contribution in [0.4, 0.5) is 0 Å². The molecule has 0 bridgehead atoms. The van der Waals surface area contributed by atoms with E-state index in [1.165, 1.54) is 21.7 Å². The van der Waals surface area contributed by atoms with E-state index in [1.54, 1.807) is 11.8 Å². The molecule has 1 nitrogen and oxygen atoms in total. The summed E-state index contributed by atoms with van der Waals surface area (Å²) in [5.74, 6) is 0. The molecule has 0 saturated heterocycles. The molecule has 1 aromatic carbocycles. The van der Waals surface area contributed by atoms with Crippen LogP contribution in [0.2, 0.25) is 0 Å². The highest BCUT2D eigenvalue weighted by molar-refractivity contribution is 7.98. The lowest BCUT2D eigenvalue weighted by Gasteiger charge is -2.04. The van der Waals surface area contributed by atoms with Crippen LogP contribution in [0, 0.1) is 6.92 Å². The number of nitrogens with zero attached hydrogens (tertiary/aromatic N) is 1. The third-order valence-electron chi connectivity index (χ3n) is 2.76. The molecular formula is C14H16NS+. The summed E-state index contributed by atoms with van der Waals surface area (Å²) in [4.78, 5) is 1.29. The highest BCUT2D eigenvalue weighted by Crippen LogP contribution is 2.21. The standard InChI is InChI=1S/C14H16NS/c1-11-6-4-5-7-13(11)14-9-8-12(16-3)10-15(14)2/h4-10H,1-3H3/q+1. The summed E-state index contributed by atoms with van der Waals surface area (Å²) in [6.07, 6.45) is 4.27. The molecule has 0 N–H and O–H groups in total. The maximum absolute atomic E-state index is 2.19. The van der Waals surface area contributed by atoms with Gasteiger partial charge in [0.25, 0.3) is 0 Å². The molecule has 82 valence electrons. The normalized spacial score (nSPS) is 10.4. The van der Waals surface area contributed by atoms with Crippen molar-refractivity contribution in [3.8, 4) is 11.3 Å². The van der Waals surface area contributed by atoms with Gasteiger partial charge in [0.1, 0.15) is 7.05 Å². The number of aryl methyl sites for hydroxylation is 2. The average Bonchev–Trinajstić information content (AvgIpc) is 2.30. The van der Waals surface area contributed by atoms with Crippen molar-refractivity contribution >= 4 is 11.8 Å². The molecule has 2 rings (SSSR count). The van der Waals surface area contributed by atoms with Gasteiger partial charge in [-0.3, -0.25) is 0 Å². The summed E-state index contributed by atoms with van der Waals surface area (Å²) in [5, 5.41) is 0. The second-order valence-corrected chi connectivity index (χ2v) is 4.76. The summed E-state index contributed by atoms with van der Waals surface area (Å²) in [6, 6.07) is 12.8. The zero-order valence-electron chi connectivity index (χ0n) is 9.90. The van der Waals surface area contributed by atoms with E-state index in [4.69, 9.17) is 0 Å². The van der Waals surface area contributed by atoms with Crippen LogP contribution >= 0.6 is 11.8 Å². The van der Waals surface area contributed by atoms with E-state index in [0.717, 1.165) is 0 Å². The summed E-state index contributed by atoms with van der Waals surface area (Å²) >= 11 is 1.77. The average molecular weight is 230 g/mol. The maximum Gasteiger partial charge on any atom is 0.212 e. The Morgan fingerprint density at radius 3 is 2.44 bits per heavy atom. The number of benzene rings is 1. The second kappa shape index (κ2) is 4.71. The van der Waals surface area contributed by atoms with Gasteiger partial charge in [0.05, 0.1) is 4.90 Å². The molecule has 0 radical (unpaired) electrons. The molecule has 0 spiro atoms. The molecule has 1 heterocycles. The first-order valence-electron chi connectivity index (χ1n) is 5.32. The quantitative estimate of drug-likeness (QED) is 0.566. The Labute approximate surface area is 101 Å². The molecule has 2 aromatic rings. The van der Waals surface area contributed by atoms with Gasteiger partial charge in [0.15, 0.2) is 6.20 Å². The van der Waals surface area contributed by atoms with Crippen molar-refractivity contribution in [2.75, 3.05) is 6.26 Å². The van der Waals surface area contributed by atoms with Crippen molar-refractivity contribution in [3.05, 3.63) is 48.2 Å². The number of aromatic nitrogens is 1. The van der Waals surface area contributed by atoms with Crippen LogP contribution < -0.4 is 4.57 Å².